The van der Waals surface area contributed by atoms with Crippen LogP contribution >= 0.6 is 0 Å². The minimum atomic E-state index is 0.0257. The van der Waals surface area contributed by atoms with Gasteiger partial charge in [0.1, 0.15) is 5.76 Å². The van der Waals surface area contributed by atoms with Crippen LogP contribution in [0.3, 0.4) is 0 Å². The molecule has 126 valence electrons. The van der Waals surface area contributed by atoms with Gasteiger partial charge in [-0.2, -0.15) is 0 Å². The van der Waals surface area contributed by atoms with Gasteiger partial charge >= 0.3 is 0 Å². The molecule has 1 fully saturated rings. The Hall–Kier alpha value is -2.40. The summed E-state index contributed by atoms with van der Waals surface area (Å²) in [5.74, 6) is 0.845. The van der Waals surface area contributed by atoms with Crippen molar-refractivity contribution < 1.29 is 9.21 Å². The first-order chi connectivity index (χ1) is 11.7. The van der Waals surface area contributed by atoms with E-state index < -0.39 is 0 Å². The Morgan fingerprint density at radius 2 is 2.08 bits per heavy atom. The van der Waals surface area contributed by atoms with Gasteiger partial charge in [0.15, 0.2) is 0 Å². The van der Waals surface area contributed by atoms with Crippen molar-refractivity contribution in [3.05, 3.63) is 60.3 Å². The number of nitrogens with zero attached hydrogens (tertiary/aromatic N) is 3. The topological polar surface area (TPSA) is 49.6 Å². The summed E-state index contributed by atoms with van der Waals surface area (Å²) in [5, 5.41) is 0. The molecule has 1 saturated heterocycles. The van der Waals surface area contributed by atoms with Gasteiger partial charge in [0.2, 0.25) is 5.91 Å². The largest absolute Gasteiger partial charge is 0.467 e. The number of pyridine rings is 1. The number of piperidine rings is 1. The van der Waals surface area contributed by atoms with E-state index in [1.807, 2.05) is 35.2 Å². The monoisotopic (exact) mass is 325 g/mol. The summed E-state index contributed by atoms with van der Waals surface area (Å²) >= 11 is 0. The van der Waals surface area contributed by atoms with E-state index in [0.717, 1.165) is 37.3 Å². The third-order valence-corrected chi connectivity index (χ3v) is 4.44. The molecule has 5 nitrogen and oxygen atoms in total. The summed E-state index contributed by atoms with van der Waals surface area (Å²) in [6, 6.07) is 7.80. The molecular weight excluding hydrogens is 302 g/mol. The highest BCUT2D eigenvalue weighted by molar-refractivity contribution is 5.92. The maximum absolute atomic E-state index is 12.8. The second-order valence-corrected chi connectivity index (χ2v) is 6.19. The molecule has 1 aliphatic rings. The Morgan fingerprint density at radius 3 is 2.75 bits per heavy atom. The van der Waals surface area contributed by atoms with Gasteiger partial charge < -0.3 is 14.2 Å². The van der Waals surface area contributed by atoms with Crippen LogP contribution in [-0.2, 0) is 11.3 Å². The molecule has 0 unspecified atom stereocenters. The number of furan rings is 1. The van der Waals surface area contributed by atoms with Gasteiger partial charge in [-0.15, -0.1) is 0 Å². The lowest BCUT2D eigenvalue weighted by atomic mass is 10.0. The lowest BCUT2D eigenvalue weighted by molar-refractivity contribution is -0.130. The number of rotatable bonds is 5. The summed E-state index contributed by atoms with van der Waals surface area (Å²) in [5.41, 5.74) is 0.972. The molecule has 0 saturated carbocycles. The van der Waals surface area contributed by atoms with E-state index in [-0.39, 0.29) is 11.9 Å². The highest BCUT2D eigenvalue weighted by atomic mass is 16.3. The zero-order chi connectivity index (χ0) is 16.8. The molecule has 0 atom stereocenters. The molecule has 2 aromatic rings. The van der Waals surface area contributed by atoms with Crippen molar-refractivity contribution in [2.45, 2.75) is 25.4 Å². The van der Waals surface area contributed by atoms with E-state index in [1.54, 1.807) is 24.7 Å². The molecule has 0 spiro atoms. The molecular formula is C19H23N3O2. The molecule has 0 aliphatic carbocycles. The minimum absolute atomic E-state index is 0.0257. The smallest absolute Gasteiger partial charge is 0.247 e. The van der Waals surface area contributed by atoms with Crippen LogP contribution in [0.5, 0.6) is 0 Å². The first-order valence-electron chi connectivity index (χ1n) is 8.32. The molecule has 5 heteroatoms. The number of amides is 1. The minimum Gasteiger partial charge on any atom is -0.467 e. The predicted molar refractivity (Wildman–Crippen MR) is 93.0 cm³/mol. The zero-order valence-corrected chi connectivity index (χ0v) is 14.0. The Morgan fingerprint density at radius 1 is 1.33 bits per heavy atom. The normalized spacial score (nSPS) is 16.5. The van der Waals surface area contributed by atoms with Crippen LogP contribution in [0.2, 0.25) is 0 Å². The van der Waals surface area contributed by atoms with Crippen LogP contribution in [0.4, 0.5) is 0 Å². The summed E-state index contributed by atoms with van der Waals surface area (Å²) in [6.07, 6.45) is 10.6. The molecule has 2 aromatic heterocycles. The van der Waals surface area contributed by atoms with Gasteiger partial charge in [0, 0.05) is 24.5 Å². The Kier molecular flexibility index (Phi) is 5.43. The predicted octanol–water partition coefficient (Wildman–Crippen LogP) is 2.81. The summed E-state index contributed by atoms with van der Waals surface area (Å²) in [7, 11) is 2.12. The van der Waals surface area contributed by atoms with Crippen molar-refractivity contribution in [1.29, 1.82) is 0 Å². The molecule has 0 N–H and O–H groups in total. The van der Waals surface area contributed by atoms with Crippen molar-refractivity contribution in [2.75, 3.05) is 20.1 Å². The van der Waals surface area contributed by atoms with E-state index in [1.165, 1.54) is 0 Å². The lowest BCUT2D eigenvalue weighted by Gasteiger charge is -2.36. The van der Waals surface area contributed by atoms with Crippen LogP contribution in [0.15, 0.2) is 53.4 Å². The van der Waals surface area contributed by atoms with Crippen LogP contribution in [0.1, 0.15) is 24.2 Å². The first-order valence-corrected chi connectivity index (χ1v) is 8.32. The number of carbonyl (C=O) groups excluding carboxylic acids is 1. The fourth-order valence-corrected chi connectivity index (χ4v) is 3.00. The molecule has 0 radical (unpaired) electrons. The van der Waals surface area contributed by atoms with Gasteiger partial charge in [-0.1, -0.05) is 0 Å². The van der Waals surface area contributed by atoms with Crippen LogP contribution < -0.4 is 0 Å². The highest BCUT2D eigenvalue weighted by Crippen LogP contribution is 2.19. The zero-order valence-electron chi connectivity index (χ0n) is 14.0. The fourth-order valence-electron chi connectivity index (χ4n) is 3.00. The molecule has 1 aliphatic heterocycles. The van der Waals surface area contributed by atoms with E-state index in [2.05, 4.69) is 16.9 Å². The third-order valence-electron chi connectivity index (χ3n) is 4.44. The third kappa shape index (κ3) is 4.32. The van der Waals surface area contributed by atoms with Gasteiger partial charge in [-0.05, 0) is 68.9 Å². The summed E-state index contributed by atoms with van der Waals surface area (Å²) in [6.45, 7) is 2.54. The van der Waals surface area contributed by atoms with E-state index in [4.69, 9.17) is 4.42 Å². The van der Waals surface area contributed by atoms with Gasteiger partial charge in [0.05, 0.1) is 12.8 Å². The Labute approximate surface area is 142 Å². The summed E-state index contributed by atoms with van der Waals surface area (Å²) < 4.78 is 5.45. The Balaban J connectivity index is 1.73. The molecule has 0 aromatic carbocycles. The van der Waals surface area contributed by atoms with Gasteiger partial charge in [-0.25, -0.2) is 0 Å². The van der Waals surface area contributed by atoms with Gasteiger partial charge in [-0.3, -0.25) is 9.78 Å². The molecule has 0 bridgehead atoms. The first kappa shape index (κ1) is 16.5. The number of hydrogen-bond acceptors (Lipinski definition) is 4. The van der Waals surface area contributed by atoms with Crippen molar-refractivity contribution in [2.24, 2.45) is 0 Å². The average Bonchev–Trinajstić information content (AvgIpc) is 3.13. The van der Waals surface area contributed by atoms with E-state index in [0.29, 0.717) is 6.54 Å². The fraction of sp³-hybridized carbons (Fsp3) is 0.368. The SMILES string of the molecule is CN1CCC(N(Cc2ccco2)C(=O)/C=C/c2ccncc2)CC1. The number of likely N-dealkylation sites (tertiary alicyclic amines) is 1. The van der Waals surface area contributed by atoms with Crippen LogP contribution in [-0.4, -0.2) is 46.9 Å². The lowest BCUT2D eigenvalue weighted by Crippen LogP contribution is -2.45. The molecule has 24 heavy (non-hydrogen) atoms. The average molecular weight is 325 g/mol. The van der Waals surface area contributed by atoms with Crippen molar-refractivity contribution in [3.63, 3.8) is 0 Å². The van der Waals surface area contributed by atoms with E-state index in [9.17, 15) is 4.79 Å². The molecule has 3 heterocycles. The number of aromatic nitrogens is 1. The van der Waals surface area contributed by atoms with Crippen molar-refractivity contribution >= 4 is 12.0 Å². The standard InChI is InChI=1S/C19H23N3O2/c1-21-12-8-17(9-13-21)22(15-18-3-2-14-24-18)19(23)5-4-16-6-10-20-11-7-16/h2-7,10-11,14,17H,8-9,12-13,15H2,1H3/b5-4+. The number of carbonyl (C=O) groups is 1. The molecule has 3 rings (SSSR count). The summed E-state index contributed by atoms with van der Waals surface area (Å²) in [4.78, 5) is 21.0. The molecule has 1 amide bonds. The van der Waals surface area contributed by atoms with Crippen molar-refractivity contribution in [3.8, 4) is 0 Å². The Bertz CT molecular complexity index is 659. The highest BCUT2D eigenvalue weighted by Gasteiger charge is 2.26. The second kappa shape index (κ2) is 7.93. The van der Waals surface area contributed by atoms with Crippen molar-refractivity contribution in [1.82, 2.24) is 14.8 Å². The van der Waals surface area contributed by atoms with Crippen LogP contribution in [0, 0.1) is 0 Å². The maximum atomic E-state index is 12.8. The quantitative estimate of drug-likeness (QED) is 0.793. The second-order valence-electron chi connectivity index (χ2n) is 6.19. The van der Waals surface area contributed by atoms with Gasteiger partial charge in [0.25, 0.3) is 0 Å². The van der Waals surface area contributed by atoms with Crippen LogP contribution in [0.25, 0.3) is 6.08 Å². The number of hydrogen-bond donors (Lipinski definition) is 0. The van der Waals surface area contributed by atoms with E-state index >= 15 is 0 Å². The maximum Gasteiger partial charge on any atom is 0.247 e.